The summed E-state index contributed by atoms with van der Waals surface area (Å²) in [6.45, 7) is 2.86. The first-order valence-corrected chi connectivity index (χ1v) is 9.21. The molecule has 0 spiro atoms. The topological polar surface area (TPSA) is 111 Å². The fraction of sp³-hybridized carbons (Fsp3) is 0.444. The van der Waals surface area contributed by atoms with Crippen molar-refractivity contribution in [1.29, 1.82) is 0 Å². The number of anilines is 3. The van der Waals surface area contributed by atoms with E-state index >= 15 is 0 Å². The average Bonchev–Trinajstić information content (AvgIpc) is 3.13. The second kappa shape index (κ2) is 5.70. The van der Waals surface area contributed by atoms with E-state index in [-0.39, 0.29) is 5.41 Å². The number of aliphatic carboxylic acids is 1. The standard InChI is InChI=1S/C18H21N7O2/c1-18(6-7-18)12-10-13(23-22-12)19-16-21-17(20-14-5-3-9-25(14)16)24-8-2-4-11(24)15(26)27/h3,5,9-11H,2,4,6-8H2,1H3,(H,26,27)(H2,19,20,21,22,23)/t11-/m0/s1. The summed E-state index contributed by atoms with van der Waals surface area (Å²) in [5.41, 5.74) is 2.04. The molecule has 0 amide bonds. The molecule has 0 unspecified atom stereocenters. The fourth-order valence-electron chi connectivity index (χ4n) is 3.66. The molecule has 1 saturated heterocycles. The molecule has 9 heteroatoms. The Balaban J connectivity index is 1.51. The Hall–Kier alpha value is -3.10. The third-order valence-corrected chi connectivity index (χ3v) is 5.64. The van der Waals surface area contributed by atoms with Crippen LogP contribution in [-0.4, -0.2) is 48.2 Å². The van der Waals surface area contributed by atoms with Crippen LogP contribution in [0.15, 0.2) is 24.4 Å². The van der Waals surface area contributed by atoms with Gasteiger partial charge in [0.25, 0.3) is 0 Å². The van der Waals surface area contributed by atoms with Gasteiger partial charge >= 0.3 is 5.97 Å². The summed E-state index contributed by atoms with van der Waals surface area (Å²) < 4.78 is 1.84. The van der Waals surface area contributed by atoms with Crippen LogP contribution in [0.2, 0.25) is 0 Å². The highest BCUT2D eigenvalue weighted by atomic mass is 16.4. The second-order valence-corrected chi connectivity index (χ2v) is 7.63. The first-order chi connectivity index (χ1) is 13.0. The lowest BCUT2D eigenvalue weighted by molar-refractivity contribution is -0.138. The number of fused-ring (bicyclic) bond motifs is 1. The molecule has 140 valence electrons. The molecular formula is C18H21N7O2. The van der Waals surface area contributed by atoms with E-state index in [0.717, 1.165) is 12.1 Å². The first-order valence-electron chi connectivity index (χ1n) is 9.21. The molecule has 1 atom stereocenters. The lowest BCUT2D eigenvalue weighted by Crippen LogP contribution is -2.37. The third-order valence-electron chi connectivity index (χ3n) is 5.64. The second-order valence-electron chi connectivity index (χ2n) is 7.63. The predicted octanol–water partition coefficient (Wildman–Crippen LogP) is 2.30. The van der Waals surface area contributed by atoms with Gasteiger partial charge in [-0.3, -0.25) is 9.50 Å². The largest absolute Gasteiger partial charge is 0.480 e. The summed E-state index contributed by atoms with van der Waals surface area (Å²) in [6.07, 6.45) is 5.63. The van der Waals surface area contributed by atoms with Gasteiger partial charge in [0.2, 0.25) is 11.9 Å². The van der Waals surface area contributed by atoms with Crippen molar-refractivity contribution in [1.82, 2.24) is 24.6 Å². The number of hydrogen-bond donors (Lipinski definition) is 3. The van der Waals surface area contributed by atoms with Gasteiger partial charge in [-0.1, -0.05) is 6.92 Å². The van der Waals surface area contributed by atoms with E-state index in [4.69, 9.17) is 0 Å². The van der Waals surface area contributed by atoms with Gasteiger partial charge in [0, 0.05) is 29.9 Å². The maximum atomic E-state index is 11.5. The van der Waals surface area contributed by atoms with Crippen LogP contribution >= 0.6 is 0 Å². The Morgan fingerprint density at radius 3 is 3.04 bits per heavy atom. The predicted molar refractivity (Wildman–Crippen MR) is 99.4 cm³/mol. The fourth-order valence-corrected chi connectivity index (χ4v) is 3.66. The molecule has 0 aromatic carbocycles. The van der Waals surface area contributed by atoms with E-state index < -0.39 is 12.0 Å². The third kappa shape index (κ3) is 2.70. The van der Waals surface area contributed by atoms with E-state index in [9.17, 15) is 9.90 Å². The van der Waals surface area contributed by atoms with Gasteiger partial charge in [0.05, 0.1) is 0 Å². The Morgan fingerprint density at radius 1 is 1.41 bits per heavy atom. The monoisotopic (exact) mass is 367 g/mol. The van der Waals surface area contributed by atoms with Crippen molar-refractivity contribution in [2.75, 3.05) is 16.8 Å². The summed E-state index contributed by atoms with van der Waals surface area (Å²) in [5.74, 6) is 0.845. The summed E-state index contributed by atoms with van der Waals surface area (Å²) in [6, 6.07) is 5.20. The van der Waals surface area contributed by atoms with Crippen molar-refractivity contribution in [3.8, 4) is 0 Å². The minimum Gasteiger partial charge on any atom is -0.480 e. The maximum absolute atomic E-state index is 11.5. The highest BCUT2D eigenvalue weighted by Crippen LogP contribution is 2.47. The van der Waals surface area contributed by atoms with Crippen LogP contribution < -0.4 is 10.2 Å². The van der Waals surface area contributed by atoms with E-state index in [0.29, 0.717) is 36.3 Å². The number of nitrogens with one attached hydrogen (secondary N) is 2. The van der Waals surface area contributed by atoms with Gasteiger partial charge in [0.1, 0.15) is 11.7 Å². The van der Waals surface area contributed by atoms with Gasteiger partial charge in [0.15, 0.2) is 5.82 Å². The Bertz CT molecular complexity index is 1020. The molecule has 3 aromatic rings. The van der Waals surface area contributed by atoms with E-state index in [1.165, 1.54) is 12.8 Å². The number of aromatic amines is 1. The number of aromatic nitrogens is 5. The van der Waals surface area contributed by atoms with Crippen LogP contribution in [0.1, 0.15) is 38.3 Å². The SMILES string of the molecule is CC1(c2cc(Nc3nc(N4CCC[C@H]4C(=O)O)nc4cccn34)n[nH]2)CC1. The average molecular weight is 367 g/mol. The highest BCUT2D eigenvalue weighted by Gasteiger charge is 2.40. The number of nitrogens with zero attached hydrogens (tertiary/aromatic N) is 5. The molecule has 5 rings (SSSR count). The van der Waals surface area contributed by atoms with Gasteiger partial charge in [-0.15, -0.1) is 0 Å². The van der Waals surface area contributed by atoms with Crippen LogP contribution in [0.25, 0.3) is 5.65 Å². The van der Waals surface area contributed by atoms with Crippen molar-refractivity contribution >= 4 is 29.3 Å². The van der Waals surface area contributed by atoms with Gasteiger partial charge < -0.3 is 15.3 Å². The molecule has 2 aliphatic rings. The molecule has 3 N–H and O–H groups in total. The highest BCUT2D eigenvalue weighted by molar-refractivity contribution is 5.78. The Morgan fingerprint density at radius 2 is 2.26 bits per heavy atom. The molecule has 1 saturated carbocycles. The molecular weight excluding hydrogens is 346 g/mol. The molecule has 0 radical (unpaired) electrons. The van der Waals surface area contributed by atoms with Crippen LogP contribution in [0.3, 0.4) is 0 Å². The Kier molecular flexibility index (Phi) is 3.40. The van der Waals surface area contributed by atoms with Crippen LogP contribution in [-0.2, 0) is 10.2 Å². The summed E-state index contributed by atoms with van der Waals surface area (Å²) in [5, 5.41) is 20.2. The number of rotatable bonds is 5. The normalized spacial score (nSPS) is 20.9. The number of hydrogen-bond acceptors (Lipinski definition) is 6. The van der Waals surface area contributed by atoms with Crippen molar-refractivity contribution < 1.29 is 9.90 Å². The van der Waals surface area contributed by atoms with Crippen LogP contribution in [0.4, 0.5) is 17.7 Å². The molecule has 1 aliphatic heterocycles. The lowest BCUT2D eigenvalue weighted by Gasteiger charge is -2.22. The zero-order valence-electron chi connectivity index (χ0n) is 15.0. The minimum absolute atomic E-state index is 0.205. The molecule has 0 bridgehead atoms. The molecule has 27 heavy (non-hydrogen) atoms. The van der Waals surface area contributed by atoms with E-state index in [1.807, 2.05) is 28.8 Å². The van der Waals surface area contributed by atoms with Crippen LogP contribution in [0, 0.1) is 0 Å². The Labute approximate surface area is 155 Å². The molecule has 1 aliphatic carbocycles. The van der Waals surface area contributed by atoms with Gasteiger partial charge in [-0.05, 0) is 37.8 Å². The smallest absolute Gasteiger partial charge is 0.326 e. The lowest BCUT2D eigenvalue weighted by atomic mass is 10.1. The van der Waals surface area contributed by atoms with Gasteiger partial charge in [-0.25, -0.2) is 4.79 Å². The quantitative estimate of drug-likeness (QED) is 0.634. The van der Waals surface area contributed by atoms with E-state index in [1.54, 1.807) is 4.90 Å². The molecule has 2 fully saturated rings. The first kappa shape index (κ1) is 16.1. The summed E-state index contributed by atoms with van der Waals surface area (Å²) in [4.78, 5) is 22.5. The van der Waals surface area contributed by atoms with Crippen molar-refractivity contribution in [3.05, 3.63) is 30.1 Å². The van der Waals surface area contributed by atoms with E-state index in [2.05, 4.69) is 32.4 Å². The van der Waals surface area contributed by atoms with Crippen molar-refractivity contribution in [3.63, 3.8) is 0 Å². The van der Waals surface area contributed by atoms with Crippen LogP contribution in [0.5, 0.6) is 0 Å². The minimum atomic E-state index is -0.838. The zero-order valence-corrected chi connectivity index (χ0v) is 15.0. The zero-order chi connectivity index (χ0) is 18.6. The van der Waals surface area contributed by atoms with Gasteiger partial charge in [-0.2, -0.15) is 15.1 Å². The molecule has 3 aromatic heterocycles. The molecule has 4 heterocycles. The summed E-state index contributed by atoms with van der Waals surface area (Å²) in [7, 11) is 0. The molecule has 9 nitrogen and oxygen atoms in total. The van der Waals surface area contributed by atoms with Crippen molar-refractivity contribution in [2.24, 2.45) is 0 Å². The number of carboxylic acids is 1. The summed E-state index contributed by atoms with van der Waals surface area (Å²) >= 11 is 0. The van der Waals surface area contributed by atoms with Crippen molar-refractivity contribution in [2.45, 2.75) is 44.1 Å². The number of H-pyrrole nitrogens is 1. The maximum Gasteiger partial charge on any atom is 0.326 e. The number of carbonyl (C=O) groups is 1. The number of carboxylic acid groups (broad SMARTS) is 1.